The molecule has 0 bridgehead atoms. The number of anilines is 1. The molecule has 120 valence electrons. The molecule has 0 aliphatic rings. The predicted octanol–water partition coefficient (Wildman–Crippen LogP) is 3.80. The number of rotatable bonds is 4. The molecule has 0 atom stereocenters. The van der Waals surface area contributed by atoms with E-state index in [2.05, 4.69) is 5.32 Å². The lowest BCUT2D eigenvalue weighted by Crippen LogP contribution is -2.21. The first-order valence-corrected chi connectivity index (χ1v) is 7.34. The summed E-state index contributed by atoms with van der Waals surface area (Å²) in [5.41, 5.74) is 1.25. The highest BCUT2D eigenvalue weighted by Gasteiger charge is 2.15. The lowest BCUT2D eigenvalue weighted by atomic mass is 10.2. The summed E-state index contributed by atoms with van der Waals surface area (Å²) in [4.78, 5) is 23.7. The van der Waals surface area contributed by atoms with Crippen LogP contribution in [0.4, 0.5) is 5.69 Å². The van der Waals surface area contributed by atoms with Gasteiger partial charge in [0.1, 0.15) is 11.3 Å². The van der Waals surface area contributed by atoms with Crippen molar-refractivity contribution >= 4 is 40.8 Å². The maximum Gasteiger partial charge on any atom is 0.342 e. The van der Waals surface area contributed by atoms with Gasteiger partial charge in [0.15, 0.2) is 6.61 Å². The van der Waals surface area contributed by atoms with Gasteiger partial charge in [0, 0.05) is 15.7 Å². The first-order valence-electron chi connectivity index (χ1n) is 6.58. The van der Waals surface area contributed by atoms with E-state index in [1.807, 2.05) is 6.92 Å². The van der Waals surface area contributed by atoms with E-state index in [0.717, 1.165) is 5.56 Å². The Morgan fingerprint density at radius 3 is 2.52 bits per heavy atom. The zero-order valence-electron chi connectivity index (χ0n) is 12.1. The Labute approximate surface area is 142 Å². The van der Waals surface area contributed by atoms with Crippen molar-refractivity contribution in [2.24, 2.45) is 0 Å². The molecule has 0 saturated heterocycles. The number of amides is 1. The average molecular weight is 354 g/mol. The largest absolute Gasteiger partial charge is 0.507 e. The van der Waals surface area contributed by atoms with Crippen LogP contribution in [0.3, 0.4) is 0 Å². The number of aromatic hydroxyl groups is 1. The van der Waals surface area contributed by atoms with Gasteiger partial charge in [0.05, 0.1) is 0 Å². The number of esters is 1. The van der Waals surface area contributed by atoms with Crippen LogP contribution in [0.5, 0.6) is 5.75 Å². The molecule has 7 heteroatoms. The molecule has 0 spiro atoms. The van der Waals surface area contributed by atoms with Crippen LogP contribution in [-0.2, 0) is 9.53 Å². The fraction of sp³-hybridized carbons (Fsp3) is 0.125. The summed E-state index contributed by atoms with van der Waals surface area (Å²) in [6.07, 6.45) is 0. The Bertz CT molecular complexity index is 762. The molecule has 0 aliphatic heterocycles. The first-order chi connectivity index (χ1) is 10.9. The Morgan fingerprint density at radius 2 is 1.78 bits per heavy atom. The third-order valence-corrected chi connectivity index (χ3v) is 3.46. The molecule has 0 saturated carbocycles. The summed E-state index contributed by atoms with van der Waals surface area (Å²) < 4.78 is 4.87. The first kappa shape index (κ1) is 17.1. The molecule has 0 radical (unpaired) electrons. The van der Waals surface area contributed by atoms with Gasteiger partial charge in [-0.15, -0.1) is 0 Å². The van der Waals surface area contributed by atoms with Crippen molar-refractivity contribution in [3.63, 3.8) is 0 Å². The Hall–Kier alpha value is -2.24. The fourth-order valence-corrected chi connectivity index (χ4v) is 2.14. The van der Waals surface area contributed by atoms with Gasteiger partial charge >= 0.3 is 5.97 Å². The van der Waals surface area contributed by atoms with Crippen LogP contribution < -0.4 is 5.32 Å². The van der Waals surface area contributed by atoms with E-state index in [1.54, 1.807) is 18.2 Å². The maximum atomic E-state index is 11.9. The molecule has 5 nitrogen and oxygen atoms in total. The zero-order valence-corrected chi connectivity index (χ0v) is 13.6. The van der Waals surface area contributed by atoms with E-state index in [4.69, 9.17) is 27.9 Å². The number of ether oxygens (including phenoxy) is 1. The summed E-state index contributed by atoms with van der Waals surface area (Å²) in [6.45, 7) is 1.30. The van der Waals surface area contributed by atoms with E-state index in [1.165, 1.54) is 18.2 Å². The molecule has 2 aromatic rings. The SMILES string of the molecule is Cc1ccc(Cl)cc1NC(=O)COC(=O)c1cc(Cl)ccc1O. The highest BCUT2D eigenvalue weighted by atomic mass is 35.5. The number of aryl methyl sites for hydroxylation is 1. The zero-order chi connectivity index (χ0) is 17.0. The quantitative estimate of drug-likeness (QED) is 0.819. The number of nitrogens with one attached hydrogen (secondary N) is 1. The number of carbonyl (C=O) groups is 2. The minimum atomic E-state index is -0.844. The third-order valence-electron chi connectivity index (χ3n) is 2.99. The van der Waals surface area contributed by atoms with Crippen molar-refractivity contribution in [3.8, 4) is 5.75 Å². The number of phenols is 1. The molecular weight excluding hydrogens is 341 g/mol. The number of hydrogen-bond donors (Lipinski definition) is 2. The standard InChI is InChI=1S/C16H13Cl2NO4/c1-9-2-3-11(18)7-13(9)19-15(21)8-23-16(22)12-6-10(17)4-5-14(12)20/h2-7,20H,8H2,1H3,(H,19,21). The molecular formula is C16H13Cl2NO4. The number of benzene rings is 2. The van der Waals surface area contributed by atoms with Crippen LogP contribution in [0.15, 0.2) is 36.4 Å². The third kappa shape index (κ3) is 4.61. The van der Waals surface area contributed by atoms with E-state index in [0.29, 0.717) is 10.7 Å². The van der Waals surface area contributed by atoms with Gasteiger partial charge < -0.3 is 15.2 Å². The second kappa shape index (κ2) is 7.35. The molecule has 0 unspecified atom stereocenters. The van der Waals surface area contributed by atoms with Gasteiger partial charge in [-0.25, -0.2) is 4.79 Å². The van der Waals surface area contributed by atoms with E-state index in [9.17, 15) is 14.7 Å². The molecule has 2 N–H and O–H groups in total. The van der Waals surface area contributed by atoms with Crippen LogP contribution >= 0.6 is 23.2 Å². The Morgan fingerprint density at radius 1 is 1.13 bits per heavy atom. The predicted molar refractivity (Wildman–Crippen MR) is 88.2 cm³/mol. The Balaban J connectivity index is 1.97. The molecule has 2 rings (SSSR count). The topological polar surface area (TPSA) is 75.6 Å². The highest BCUT2D eigenvalue weighted by Crippen LogP contribution is 2.22. The minimum absolute atomic E-state index is 0.107. The average Bonchev–Trinajstić information content (AvgIpc) is 2.51. The van der Waals surface area contributed by atoms with Gasteiger partial charge in [0.2, 0.25) is 0 Å². The van der Waals surface area contributed by atoms with E-state index >= 15 is 0 Å². The van der Waals surface area contributed by atoms with Crippen LogP contribution in [0.1, 0.15) is 15.9 Å². The van der Waals surface area contributed by atoms with Crippen LogP contribution in [-0.4, -0.2) is 23.6 Å². The number of carbonyl (C=O) groups excluding carboxylic acids is 2. The lowest BCUT2D eigenvalue weighted by Gasteiger charge is -2.10. The molecule has 0 aliphatic carbocycles. The summed E-state index contributed by atoms with van der Waals surface area (Å²) in [6, 6.07) is 9.02. The van der Waals surface area contributed by atoms with Crippen LogP contribution in [0.25, 0.3) is 0 Å². The van der Waals surface area contributed by atoms with Gasteiger partial charge in [-0.2, -0.15) is 0 Å². The fourth-order valence-electron chi connectivity index (χ4n) is 1.80. The van der Waals surface area contributed by atoms with Crippen molar-refractivity contribution in [2.75, 3.05) is 11.9 Å². The lowest BCUT2D eigenvalue weighted by molar-refractivity contribution is -0.119. The van der Waals surface area contributed by atoms with Gasteiger partial charge in [-0.1, -0.05) is 29.3 Å². The molecule has 2 aromatic carbocycles. The molecule has 0 heterocycles. The summed E-state index contributed by atoms with van der Waals surface area (Å²) in [7, 11) is 0. The molecule has 23 heavy (non-hydrogen) atoms. The summed E-state index contributed by atoms with van der Waals surface area (Å²) in [5.74, 6) is -1.64. The summed E-state index contributed by atoms with van der Waals surface area (Å²) in [5, 5.41) is 12.9. The normalized spacial score (nSPS) is 10.2. The number of halogens is 2. The van der Waals surface area contributed by atoms with Crippen molar-refractivity contribution < 1.29 is 19.4 Å². The minimum Gasteiger partial charge on any atom is -0.507 e. The van der Waals surface area contributed by atoms with Crippen molar-refractivity contribution in [3.05, 3.63) is 57.6 Å². The van der Waals surface area contributed by atoms with E-state index < -0.39 is 18.5 Å². The molecule has 0 fully saturated rings. The van der Waals surface area contributed by atoms with E-state index in [-0.39, 0.29) is 16.3 Å². The van der Waals surface area contributed by atoms with Crippen molar-refractivity contribution in [1.29, 1.82) is 0 Å². The second-order valence-corrected chi connectivity index (χ2v) is 5.62. The van der Waals surface area contributed by atoms with Gasteiger partial charge in [0.25, 0.3) is 5.91 Å². The van der Waals surface area contributed by atoms with Crippen molar-refractivity contribution in [2.45, 2.75) is 6.92 Å². The maximum absolute atomic E-state index is 11.9. The van der Waals surface area contributed by atoms with Crippen LogP contribution in [0, 0.1) is 6.92 Å². The van der Waals surface area contributed by atoms with Gasteiger partial charge in [-0.05, 0) is 42.8 Å². The Kier molecular flexibility index (Phi) is 5.47. The molecule has 1 amide bonds. The van der Waals surface area contributed by atoms with Crippen LogP contribution in [0.2, 0.25) is 10.0 Å². The second-order valence-electron chi connectivity index (χ2n) is 4.75. The smallest absolute Gasteiger partial charge is 0.342 e. The number of phenolic OH excluding ortho intramolecular Hbond substituents is 1. The highest BCUT2D eigenvalue weighted by molar-refractivity contribution is 6.31. The summed E-state index contributed by atoms with van der Waals surface area (Å²) >= 11 is 11.6. The molecule has 0 aromatic heterocycles. The van der Waals surface area contributed by atoms with Crippen molar-refractivity contribution in [1.82, 2.24) is 0 Å². The monoisotopic (exact) mass is 353 g/mol. The number of hydrogen-bond acceptors (Lipinski definition) is 4. The van der Waals surface area contributed by atoms with Gasteiger partial charge in [-0.3, -0.25) is 4.79 Å².